The SMILES string of the molecule is CCOC(=O)[C@H]1CSC([C@@H](C)N)=N1. The summed E-state index contributed by atoms with van der Waals surface area (Å²) >= 11 is 1.54. The van der Waals surface area contributed by atoms with E-state index in [1.165, 1.54) is 11.8 Å². The molecule has 0 aliphatic carbocycles. The van der Waals surface area contributed by atoms with Crippen LogP contribution >= 0.6 is 11.8 Å². The van der Waals surface area contributed by atoms with Crippen LogP contribution in [0.15, 0.2) is 4.99 Å². The molecule has 1 aliphatic rings. The molecule has 74 valence electrons. The van der Waals surface area contributed by atoms with Gasteiger partial charge in [0.05, 0.1) is 11.7 Å². The molecule has 1 heterocycles. The van der Waals surface area contributed by atoms with E-state index in [-0.39, 0.29) is 18.1 Å². The zero-order valence-electron chi connectivity index (χ0n) is 7.82. The Labute approximate surface area is 81.9 Å². The minimum Gasteiger partial charge on any atom is -0.464 e. The smallest absolute Gasteiger partial charge is 0.331 e. The molecule has 0 aromatic carbocycles. The second-order valence-electron chi connectivity index (χ2n) is 2.83. The van der Waals surface area contributed by atoms with Gasteiger partial charge in [-0.25, -0.2) is 4.79 Å². The number of esters is 1. The highest BCUT2D eigenvalue weighted by atomic mass is 32.2. The van der Waals surface area contributed by atoms with E-state index in [4.69, 9.17) is 10.5 Å². The summed E-state index contributed by atoms with van der Waals surface area (Å²) < 4.78 is 4.85. The van der Waals surface area contributed by atoms with Gasteiger partial charge in [0.15, 0.2) is 6.04 Å². The molecule has 0 saturated heterocycles. The molecule has 0 aromatic rings. The van der Waals surface area contributed by atoms with Gasteiger partial charge in [-0.05, 0) is 13.8 Å². The first-order valence-corrected chi connectivity index (χ1v) is 5.26. The maximum atomic E-state index is 11.2. The second-order valence-corrected chi connectivity index (χ2v) is 3.88. The van der Waals surface area contributed by atoms with Gasteiger partial charge in [0.1, 0.15) is 0 Å². The Hall–Kier alpha value is -0.550. The molecule has 1 aliphatic heterocycles. The molecule has 0 amide bonds. The van der Waals surface area contributed by atoms with Crippen molar-refractivity contribution in [3.63, 3.8) is 0 Å². The Morgan fingerprint density at radius 2 is 2.62 bits per heavy atom. The van der Waals surface area contributed by atoms with Crippen molar-refractivity contribution in [3.05, 3.63) is 0 Å². The minimum atomic E-state index is -0.342. The number of aliphatic imine (C=N–C) groups is 1. The Morgan fingerprint density at radius 1 is 1.92 bits per heavy atom. The number of hydrogen-bond donors (Lipinski definition) is 1. The maximum Gasteiger partial charge on any atom is 0.331 e. The molecule has 0 spiro atoms. The van der Waals surface area contributed by atoms with E-state index in [0.717, 1.165) is 5.04 Å². The van der Waals surface area contributed by atoms with Crippen LogP contribution in [0.3, 0.4) is 0 Å². The summed E-state index contributed by atoms with van der Waals surface area (Å²) in [5.74, 6) is 0.418. The normalized spacial score (nSPS) is 23.9. The summed E-state index contributed by atoms with van der Waals surface area (Å²) in [5, 5.41) is 0.845. The molecule has 0 unspecified atom stereocenters. The number of carbonyl (C=O) groups is 1. The second kappa shape index (κ2) is 4.62. The van der Waals surface area contributed by atoms with Crippen molar-refractivity contribution in [2.45, 2.75) is 25.9 Å². The molecule has 4 nitrogen and oxygen atoms in total. The quantitative estimate of drug-likeness (QED) is 0.673. The molecule has 1 rings (SSSR count). The van der Waals surface area contributed by atoms with Gasteiger partial charge in [-0.1, -0.05) is 0 Å². The van der Waals surface area contributed by atoms with Crippen LogP contribution in [-0.4, -0.2) is 35.5 Å². The van der Waals surface area contributed by atoms with Crippen molar-refractivity contribution in [3.8, 4) is 0 Å². The molecule has 5 heteroatoms. The fourth-order valence-electron chi connectivity index (χ4n) is 1.00. The predicted molar refractivity (Wildman–Crippen MR) is 54.0 cm³/mol. The number of hydrogen-bond acceptors (Lipinski definition) is 5. The van der Waals surface area contributed by atoms with Crippen molar-refractivity contribution in [2.75, 3.05) is 12.4 Å². The van der Waals surface area contributed by atoms with E-state index in [1.807, 2.05) is 6.92 Å². The molecule has 0 radical (unpaired) electrons. The van der Waals surface area contributed by atoms with Gasteiger partial charge in [-0.15, -0.1) is 11.8 Å². The van der Waals surface area contributed by atoms with E-state index in [2.05, 4.69) is 4.99 Å². The lowest BCUT2D eigenvalue weighted by Gasteiger charge is -2.04. The monoisotopic (exact) mass is 202 g/mol. The van der Waals surface area contributed by atoms with Gasteiger partial charge in [0.2, 0.25) is 0 Å². The summed E-state index contributed by atoms with van der Waals surface area (Å²) in [6.07, 6.45) is 0. The van der Waals surface area contributed by atoms with E-state index in [1.54, 1.807) is 6.92 Å². The van der Waals surface area contributed by atoms with Crippen molar-refractivity contribution in [2.24, 2.45) is 10.7 Å². The average Bonchev–Trinajstić information content (AvgIpc) is 2.52. The first-order chi connectivity index (χ1) is 6.15. The topological polar surface area (TPSA) is 64.7 Å². The lowest BCUT2D eigenvalue weighted by molar-refractivity contribution is -0.143. The van der Waals surface area contributed by atoms with Crippen molar-refractivity contribution in [1.82, 2.24) is 0 Å². The van der Waals surface area contributed by atoms with Crippen LogP contribution in [0.1, 0.15) is 13.8 Å². The van der Waals surface area contributed by atoms with Crippen LogP contribution in [0.2, 0.25) is 0 Å². The molecule has 0 aromatic heterocycles. The third-order valence-corrected chi connectivity index (χ3v) is 2.88. The minimum absolute atomic E-state index is 0.0792. The van der Waals surface area contributed by atoms with Crippen molar-refractivity contribution in [1.29, 1.82) is 0 Å². The third-order valence-electron chi connectivity index (χ3n) is 1.62. The van der Waals surface area contributed by atoms with Crippen LogP contribution in [0.4, 0.5) is 0 Å². The Kier molecular flexibility index (Phi) is 3.74. The summed E-state index contributed by atoms with van der Waals surface area (Å²) in [6.45, 7) is 4.05. The highest BCUT2D eigenvalue weighted by Crippen LogP contribution is 2.20. The standard InChI is InChI=1S/C8H14N2O2S/c1-3-12-8(11)6-4-13-7(10-6)5(2)9/h5-6H,3-4,9H2,1-2H3/t5-,6-/m1/s1. The fourth-order valence-corrected chi connectivity index (χ4v) is 2.00. The molecule has 0 saturated carbocycles. The van der Waals surface area contributed by atoms with Gasteiger partial charge in [0.25, 0.3) is 0 Å². The largest absolute Gasteiger partial charge is 0.464 e. The number of rotatable bonds is 3. The van der Waals surface area contributed by atoms with Gasteiger partial charge >= 0.3 is 5.97 Å². The number of thioether (sulfide) groups is 1. The first kappa shape index (κ1) is 10.5. The molecule has 13 heavy (non-hydrogen) atoms. The van der Waals surface area contributed by atoms with E-state index < -0.39 is 0 Å². The van der Waals surface area contributed by atoms with Gasteiger partial charge in [-0.2, -0.15) is 0 Å². The average molecular weight is 202 g/mol. The van der Waals surface area contributed by atoms with Crippen LogP contribution in [-0.2, 0) is 9.53 Å². The predicted octanol–water partition coefficient (Wildman–Crippen LogP) is 0.411. The zero-order valence-corrected chi connectivity index (χ0v) is 8.63. The molecular weight excluding hydrogens is 188 g/mol. The number of nitrogens with zero attached hydrogens (tertiary/aromatic N) is 1. The number of carbonyl (C=O) groups excluding carboxylic acids is 1. The molecular formula is C8H14N2O2S. The van der Waals surface area contributed by atoms with Crippen molar-refractivity contribution < 1.29 is 9.53 Å². The van der Waals surface area contributed by atoms with Crippen molar-refractivity contribution >= 4 is 22.8 Å². The van der Waals surface area contributed by atoms with Crippen LogP contribution in [0, 0.1) is 0 Å². The number of nitrogens with two attached hydrogens (primary N) is 1. The molecule has 2 N–H and O–H groups in total. The van der Waals surface area contributed by atoms with Gasteiger partial charge < -0.3 is 10.5 Å². The summed E-state index contributed by atoms with van der Waals surface area (Å²) in [4.78, 5) is 15.4. The van der Waals surface area contributed by atoms with Crippen LogP contribution in [0.5, 0.6) is 0 Å². The number of ether oxygens (including phenoxy) is 1. The summed E-state index contributed by atoms with van der Waals surface area (Å²) in [6, 6.07) is -0.421. The lowest BCUT2D eigenvalue weighted by atomic mass is 10.3. The molecule has 0 bridgehead atoms. The van der Waals surface area contributed by atoms with Crippen LogP contribution < -0.4 is 5.73 Å². The highest BCUT2D eigenvalue weighted by Gasteiger charge is 2.27. The zero-order chi connectivity index (χ0) is 9.84. The third kappa shape index (κ3) is 2.70. The fraction of sp³-hybridized carbons (Fsp3) is 0.750. The molecule has 0 fully saturated rings. The van der Waals surface area contributed by atoms with Gasteiger partial charge in [-0.3, -0.25) is 4.99 Å². The Bertz CT molecular complexity index is 228. The van der Waals surface area contributed by atoms with E-state index >= 15 is 0 Å². The Morgan fingerprint density at radius 3 is 3.08 bits per heavy atom. The van der Waals surface area contributed by atoms with E-state index in [9.17, 15) is 4.79 Å². The van der Waals surface area contributed by atoms with E-state index in [0.29, 0.717) is 12.4 Å². The first-order valence-electron chi connectivity index (χ1n) is 4.27. The summed E-state index contributed by atoms with van der Waals surface area (Å²) in [7, 11) is 0. The van der Waals surface area contributed by atoms with Crippen LogP contribution in [0.25, 0.3) is 0 Å². The Balaban J connectivity index is 2.52. The summed E-state index contributed by atoms with van der Waals surface area (Å²) in [5.41, 5.74) is 5.63. The highest BCUT2D eigenvalue weighted by molar-refractivity contribution is 8.14. The van der Waals surface area contributed by atoms with Gasteiger partial charge in [0, 0.05) is 11.8 Å². The molecule has 2 atom stereocenters. The lowest BCUT2D eigenvalue weighted by Crippen LogP contribution is -2.24. The maximum absolute atomic E-state index is 11.2.